The quantitative estimate of drug-likeness (QED) is 0.551. The summed E-state index contributed by atoms with van der Waals surface area (Å²) in [5.74, 6) is -0.0649. The highest BCUT2D eigenvalue weighted by Crippen LogP contribution is 2.27. The van der Waals surface area contributed by atoms with Crippen molar-refractivity contribution in [1.29, 1.82) is 0 Å². The van der Waals surface area contributed by atoms with Crippen molar-refractivity contribution < 1.29 is 13.9 Å². The van der Waals surface area contributed by atoms with E-state index in [0.717, 1.165) is 22.3 Å². The fourth-order valence-corrected chi connectivity index (χ4v) is 3.51. The van der Waals surface area contributed by atoms with Crippen LogP contribution in [0.1, 0.15) is 22.2 Å². The number of rotatable bonds is 3. The lowest BCUT2D eigenvalue weighted by Crippen LogP contribution is -2.42. The van der Waals surface area contributed by atoms with E-state index in [9.17, 15) is 4.79 Å². The van der Waals surface area contributed by atoms with Crippen molar-refractivity contribution in [1.82, 2.24) is 19.7 Å². The van der Waals surface area contributed by atoms with Gasteiger partial charge in [-0.2, -0.15) is 0 Å². The molecule has 7 heteroatoms. The van der Waals surface area contributed by atoms with Gasteiger partial charge in [-0.25, -0.2) is 4.52 Å². The SMILES string of the molecule is O=C(c1ccoc1)N1CCO[C@@H](c2nnn3cc(-c4ccccc4)ccc23)C1. The van der Waals surface area contributed by atoms with Crippen LogP contribution in [-0.2, 0) is 4.74 Å². The summed E-state index contributed by atoms with van der Waals surface area (Å²) in [5, 5.41) is 8.61. The predicted molar refractivity (Wildman–Crippen MR) is 102 cm³/mol. The summed E-state index contributed by atoms with van der Waals surface area (Å²) >= 11 is 0. The molecule has 1 saturated heterocycles. The first kappa shape index (κ1) is 16.7. The van der Waals surface area contributed by atoms with Crippen molar-refractivity contribution in [3.05, 3.63) is 78.5 Å². The lowest BCUT2D eigenvalue weighted by Gasteiger charge is -2.31. The van der Waals surface area contributed by atoms with E-state index in [1.54, 1.807) is 15.5 Å². The number of carbonyl (C=O) groups excluding carboxylic acids is 1. The van der Waals surface area contributed by atoms with Gasteiger partial charge in [-0.05, 0) is 17.7 Å². The van der Waals surface area contributed by atoms with Gasteiger partial charge in [-0.3, -0.25) is 4.79 Å². The normalized spacial score (nSPS) is 17.1. The zero-order valence-corrected chi connectivity index (χ0v) is 15.1. The number of carbonyl (C=O) groups is 1. The molecule has 1 aromatic carbocycles. The highest BCUT2D eigenvalue weighted by Gasteiger charge is 2.29. The van der Waals surface area contributed by atoms with Crippen molar-refractivity contribution in [2.45, 2.75) is 6.10 Å². The Morgan fingerprint density at radius 1 is 1.07 bits per heavy atom. The van der Waals surface area contributed by atoms with Crippen LogP contribution in [0.3, 0.4) is 0 Å². The molecule has 1 fully saturated rings. The number of aromatic nitrogens is 3. The number of hydrogen-bond donors (Lipinski definition) is 0. The third-order valence-electron chi connectivity index (χ3n) is 4.97. The second-order valence-corrected chi connectivity index (χ2v) is 6.71. The van der Waals surface area contributed by atoms with Crippen LogP contribution in [0.2, 0.25) is 0 Å². The number of fused-ring (bicyclic) bond motifs is 1. The molecule has 0 unspecified atom stereocenters. The molecule has 1 aliphatic rings. The molecule has 0 radical (unpaired) electrons. The van der Waals surface area contributed by atoms with Crippen molar-refractivity contribution in [3.63, 3.8) is 0 Å². The topological polar surface area (TPSA) is 72.9 Å². The Hall–Kier alpha value is -3.45. The fraction of sp³-hybridized carbons (Fsp3) is 0.190. The van der Waals surface area contributed by atoms with Crippen LogP contribution in [0.4, 0.5) is 0 Å². The monoisotopic (exact) mass is 374 g/mol. The van der Waals surface area contributed by atoms with Gasteiger partial charge in [0.25, 0.3) is 5.91 Å². The standard InChI is InChI=1S/C21H18N4O3/c26-21(17-8-10-27-14-17)24-9-11-28-19(13-24)20-18-7-6-16(12-25(18)23-22-20)15-4-2-1-3-5-15/h1-8,10,12,14,19H,9,11,13H2/t19-/m1/s1. The number of pyridine rings is 1. The van der Waals surface area contributed by atoms with Crippen LogP contribution < -0.4 is 0 Å². The third-order valence-corrected chi connectivity index (χ3v) is 4.97. The Kier molecular flexibility index (Phi) is 4.14. The van der Waals surface area contributed by atoms with Gasteiger partial charge in [0.15, 0.2) is 0 Å². The van der Waals surface area contributed by atoms with Gasteiger partial charge in [0.2, 0.25) is 0 Å². The maximum absolute atomic E-state index is 12.6. The molecular weight excluding hydrogens is 356 g/mol. The minimum absolute atomic E-state index is 0.0649. The zero-order valence-electron chi connectivity index (χ0n) is 15.1. The van der Waals surface area contributed by atoms with Crippen molar-refractivity contribution in [2.24, 2.45) is 0 Å². The summed E-state index contributed by atoms with van der Waals surface area (Å²) in [5.41, 5.74) is 4.34. The molecule has 3 aromatic heterocycles. The Balaban J connectivity index is 1.42. The van der Waals surface area contributed by atoms with Gasteiger partial charge in [0.1, 0.15) is 18.1 Å². The second-order valence-electron chi connectivity index (χ2n) is 6.71. The third kappa shape index (κ3) is 2.95. The highest BCUT2D eigenvalue weighted by atomic mass is 16.5. The highest BCUT2D eigenvalue weighted by molar-refractivity contribution is 5.93. The molecule has 0 aliphatic carbocycles. The number of benzene rings is 1. The van der Waals surface area contributed by atoms with Crippen molar-refractivity contribution in [2.75, 3.05) is 19.7 Å². The minimum Gasteiger partial charge on any atom is -0.472 e. The number of amides is 1. The fourth-order valence-electron chi connectivity index (χ4n) is 3.51. The number of morpholine rings is 1. The van der Waals surface area contributed by atoms with E-state index in [0.29, 0.717) is 25.3 Å². The molecule has 7 nitrogen and oxygen atoms in total. The summed E-state index contributed by atoms with van der Waals surface area (Å²) in [6.45, 7) is 1.42. The number of hydrogen-bond acceptors (Lipinski definition) is 5. The molecule has 0 spiro atoms. The Bertz CT molecular complexity index is 1110. The Morgan fingerprint density at radius 2 is 1.96 bits per heavy atom. The molecular formula is C21H18N4O3. The van der Waals surface area contributed by atoms with Gasteiger partial charge in [-0.1, -0.05) is 41.6 Å². The maximum Gasteiger partial charge on any atom is 0.257 e. The molecule has 1 atom stereocenters. The van der Waals surface area contributed by atoms with Crippen LogP contribution >= 0.6 is 0 Å². The second kappa shape index (κ2) is 6.94. The molecule has 5 rings (SSSR count). The average Bonchev–Trinajstić information content (AvgIpc) is 3.43. The van der Waals surface area contributed by atoms with Crippen molar-refractivity contribution >= 4 is 11.4 Å². The van der Waals surface area contributed by atoms with Crippen LogP contribution in [0.25, 0.3) is 16.6 Å². The average molecular weight is 374 g/mol. The molecule has 4 heterocycles. The van der Waals surface area contributed by atoms with Crippen molar-refractivity contribution in [3.8, 4) is 11.1 Å². The first-order chi connectivity index (χ1) is 13.8. The van der Waals surface area contributed by atoms with E-state index in [1.165, 1.54) is 12.5 Å². The lowest BCUT2D eigenvalue weighted by molar-refractivity contribution is -0.0241. The van der Waals surface area contributed by atoms with E-state index in [-0.39, 0.29) is 12.0 Å². The number of nitrogens with zero attached hydrogens (tertiary/aromatic N) is 4. The van der Waals surface area contributed by atoms with Gasteiger partial charge in [-0.15, -0.1) is 5.10 Å². The summed E-state index contributed by atoms with van der Waals surface area (Å²) in [6, 6.07) is 15.8. The molecule has 0 saturated carbocycles. The molecule has 4 aromatic rings. The molecule has 1 amide bonds. The van der Waals surface area contributed by atoms with E-state index in [4.69, 9.17) is 9.15 Å². The molecule has 140 valence electrons. The Labute approximate surface area is 161 Å². The van der Waals surface area contributed by atoms with Crippen LogP contribution in [0, 0.1) is 0 Å². The lowest BCUT2D eigenvalue weighted by atomic mass is 10.1. The molecule has 1 aliphatic heterocycles. The zero-order chi connectivity index (χ0) is 18.9. The van der Waals surface area contributed by atoms with E-state index < -0.39 is 0 Å². The van der Waals surface area contributed by atoms with E-state index in [1.807, 2.05) is 30.5 Å². The van der Waals surface area contributed by atoms with Gasteiger partial charge >= 0.3 is 0 Å². The largest absolute Gasteiger partial charge is 0.472 e. The van der Waals surface area contributed by atoms with Crippen LogP contribution in [0.15, 0.2) is 71.7 Å². The smallest absolute Gasteiger partial charge is 0.257 e. The summed E-state index contributed by atoms with van der Waals surface area (Å²) in [6.07, 6.45) is 4.61. The van der Waals surface area contributed by atoms with Crippen LogP contribution in [0.5, 0.6) is 0 Å². The predicted octanol–water partition coefficient (Wildman–Crippen LogP) is 3.20. The molecule has 28 heavy (non-hydrogen) atoms. The van der Waals surface area contributed by atoms with E-state index in [2.05, 4.69) is 28.5 Å². The van der Waals surface area contributed by atoms with Gasteiger partial charge in [0.05, 0.1) is 30.5 Å². The number of ether oxygens (including phenoxy) is 1. The summed E-state index contributed by atoms with van der Waals surface area (Å²) in [4.78, 5) is 14.4. The molecule has 0 N–H and O–H groups in total. The first-order valence-electron chi connectivity index (χ1n) is 9.13. The maximum atomic E-state index is 12.6. The Morgan fingerprint density at radius 3 is 2.79 bits per heavy atom. The van der Waals surface area contributed by atoms with Gasteiger partial charge < -0.3 is 14.1 Å². The first-order valence-corrected chi connectivity index (χ1v) is 9.13. The van der Waals surface area contributed by atoms with Crippen LogP contribution in [-0.4, -0.2) is 45.3 Å². The van der Waals surface area contributed by atoms with E-state index >= 15 is 0 Å². The summed E-state index contributed by atoms with van der Waals surface area (Å²) < 4.78 is 12.7. The van der Waals surface area contributed by atoms with Gasteiger partial charge in [0, 0.05) is 18.3 Å². The number of furan rings is 1. The molecule has 0 bridgehead atoms. The summed E-state index contributed by atoms with van der Waals surface area (Å²) in [7, 11) is 0. The minimum atomic E-state index is -0.315.